The van der Waals surface area contributed by atoms with E-state index in [0.29, 0.717) is 24.6 Å². The minimum Gasteiger partial charge on any atom is -0.493 e. The van der Waals surface area contributed by atoms with Gasteiger partial charge in [-0.05, 0) is 38.0 Å². The first-order valence-corrected chi connectivity index (χ1v) is 7.24. The number of benzene rings is 1. The van der Waals surface area contributed by atoms with Crippen molar-refractivity contribution in [2.45, 2.75) is 32.2 Å². The van der Waals surface area contributed by atoms with E-state index in [4.69, 9.17) is 22.1 Å². The molecule has 20 heavy (non-hydrogen) atoms. The molecule has 2 N–H and O–H groups in total. The van der Waals surface area contributed by atoms with E-state index in [0.717, 1.165) is 18.6 Å². The van der Waals surface area contributed by atoms with Gasteiger partial charge in [0, 0.05) is 31.1 Å². The van der Waals surface area contributed by atoms with Gasteiger partial charge >= 0.3 is 0 Å². The third-order valence-corrected chi connectivity index (χ3v) is 3.18. The van der Waals surface area contributed by atoms with Gasteiger partial charge in [-0.3, -0.25) is 4.79 Å². The van der Waals surface area contributed by atoms with Gasteiger partial charge in [-0.25, -0.2) is 0 Å². The van der Waals surface area contributed by atoms with Crippen molar-refractivity contribution in [3.05, 3.63) is 29.3 Å². The molecule has 0 saturated carbocycles. The lowest BCUT2D eigenvalue weighted by molar-refractivity contribution is -0.130. The van der Waals surface area contributed by atoms with Crippen LogP contribution in [0.2, 0.25) is 5.02 Å². The number of ether oxygens (including phenoxy) is 1. The van der Waals surface area contributed by atoms with E-state index >= 15 is 0 Å². The Kier molecular flexibility index (Phi) is 7.41. The summed E-state index contributed by atoms with van der Waals surface area (Å²) < 4.78 is 5.57. The summed E-state index contributed by atoms with van der Waals surface area (Å²) in [7, 11) is 1.81. The first-order chi connectivity index (χ1) is 9.49. The molecule has 0 saturated heterocycles. The maximum atomic E-state index is 11.8. The number of carbonyl (C=O) groups is 1. The lowest BCUT2D eigenvalue weighted by Crippen LogP contribution is -2.30. The van der Waals surface area contributed by atoms with Crippen LogP contribution in [0.3, 0.4) is 0 Å². The second-order valence-electron chi connectivity index (χ2n) is 4.99. The number of hydrogen-bond donors (Lipinski definition) is 1. The van der Waals surface area contributed by atoms with Gasteiger partial charge in [-0.15, -0.1) is 0 Å². The summed E-state index contributed by atoms with van der Waals surface area (Å²) in [5, 5.41) is 0.658. The molecule has 1 rings (SSSR count). The Morgan fingerprint density at radius 3 is 2.90 bits per heavy atom. The standard InChI is InChI=1S/C15H23ClN2O2/c1-12(17)7-8-15(19)18(2)9-4-10-20-14-6-3-5-13(16)11-14/h3,5-6,11-12H,4,7-10,17H2,1-2H3. The number of rotatable bonds is 8. The van der Waals surface area contributed by atoms with Crippen molar-refractivity contribution < 1.29 is 9.53 Å². The van der Waals surface area contributed by atoms with Crippen molar-refractivity contribution in [2.24, 2.45) is 5.73 Å². The molecule has 0 aliphatic rings. The third kappa shape index (κ3) is 6.78. The van der Waals surface area contributed by atoms with Gasteiger partial charge in [-0.2, -0.15) is 0 Å². The molecule has 0 aliphatic heterocycles. The third-order valence-electron chi connectivity index (χ3n) is 2.94. The average molecular weight is 299 g/mol. The first kappa shape index (κ1) is 16.8. The number of hydrogen-bond acceptors (Lipinski definition) is 3. The van der Waals surface area contributed by atoms with Gasteiger partial charge in [0.1, 0.15) is 5.75 Å². The van der Waals surface area contributed by atoms with E-state index in [1.807, 2.05) is 26.1 Å². The smallest absolute Gasteiger partial charge is 0.222 e. The minimum atomic E-state index is 0.0681. The number of amides is 1. The number of carbonyl (C=O) groups excluding carboxylic acids is 1. The molecule has 5 heteroatoms. The molecule has 0 aromatic heterocycles. The fourth-order valence-corrected chi connectivity index (χ4v) is 1.90. The Morgan fingerprint density at radius 2 is 2.25 bits per heavy atom. The van der Waals surface area contributed by atoms with Crippen LogP contribution >= 0.6 is 11.6 Å². The number of halogens is 1. The van der Waals surface area contributed by atoms with Crippen molar-refractivity contribution in [3.63, 3.8) is 0 Å². The highest BCUT2D eigenvalue weighted by Crippen LogP contribution is 2.17. The van der Waals surface area contributed by atoms with Gasteiger partial charge in [0.15, 0.2) is 0 Å². The molecule has 1 aromatic carbocycles. The Hall–Kier alpha value is -1.26. The zero-order valence-corrected chi connectivity index (χ0v) is 12.9. The quantitative estimate of drug-likeness (QED) is 0.751. The van der Waals surface area contributed by atoms with Gasteiger partial charge in [0.25, 0.3) is 0 Å². The van der Waals surface area contributed by atoms with Crippen LogP contribution in [-0.4, -0.2) is 37.0 Å². The van der Waals surface area contributed by atoms with Crippen molar-refractivity contribution in [1.82, 2.24) is 4.90 Å². The van der Waals surface area contributed by atoms with Gasteiger partial charge < -0.3 is 15.4 Å². The van der Waals surface area contributed by atoms with Crippen LogP contribution in [0.25, 0.3) is 0 Å². The Bertz CT molecular complexity index is 424. The largest absolute Gasteiger partial charge is 0.493 e. The molecule has 0 heterocycles. The molecular formula is C15H23ClN2O2. The summed E-state index contributed by atoms with van der Waals surface area (Å²) in [6.07, 6.45) is 2.01. The molecule has 112 valence electrons. The molecule has 0 fully saturated rings. The van der Waals surface area contributed by atoms with Gasteiger partial charge in [0.2, 0.25) is 5.91 Å². The average Bonchev–Trinajstić information content (AvgIpc) is 2.40. The summed E-state index contributed by atoms with van der Waals surface area (Å²) in [5.74, 6) is 0.883. The molecule has 0 bridgehead atoms. The number of nitrogens with two attached hydrogens (primary N) is 1. The molecule has 1 atom stereocenters. The fourth-order valence-electron chi connectivity index (χ4n) is 1.72. The predicted octanol–water partition coefficient (Wildman–Crippen LogP) is 2.69. The van der Waals surface area contributed by atoms with Gasteiger partial charge in [-0.1, -0.05) is 17.7 Å². The first-order valence-electron chi connectivity index (χ1n) is 6.87. The van der Waals surface area contributed by atoms with Crippen LogP contribution in [0.5, 0.6) is 5.75 Å². The second kappa shape index (κ2) is 8.82. The molecular weight excluding hydrogens is 276 g/mol. The van der Waals surface area contributed by atoms with Crippen molar-refractivity contribution in [2.75, 3.05) is 20.2 Å². The molecule has 0 spiro atoms. The molecule has 1 amide bonds. The van der Waals surface area contributed by atoms with Crippen LogP contribution in [0.1, 0.15) is 26.2 Å². The lowest BCUT2D eigenvalue weighted by atomic mass is 10.2. The predicted molar refractivity (Wildman–Crippen MR) is 82.1 cm³/mol. The second-order valence-corrected chi connectivity index (χ2v) is 5.43. The van der Waals surface area contributed by atoms with Crippen molar-refractivity contribution in [1.29, 1.82) is 0 Å². The topological polar surface area (TPSA) is 55.6 Å². The van der Waals surface area contributed by atoms with E-state index in [-0.39, 0.29) is 11.9 Å². The molecule has 4 nitrogen and oxygen atoms in total. The summed E-state index contributed by atoms with van der Waals surface area (Å²) in [6, 6.07) is 7.36. The zero-order valence-electron chi connectivity index (χ0n) is 12.1. The summed E-state index contributed by atoms with van der Waals surface area (Å²) >= 11 is 5.87. The molecule has 0 radical (unpaired) electrons. The Labute approximate surface area is 125 Å². The Morgan fingerprint density at radius 1 is 1.50 bits per heavy atom. The highest BCUT2D eigenvalue weighted by atomic mass is 35.5. The Balaban J connectivity index is 2.18. The maximum absolute atomic E-state index is 11.8. The van der Waals surface area contributed by atoms with E-state index in [1.165, 1.54) is 0 Å². The van der Waals surface area contributed by atoms with Gasteiger partial charge in [0.05, 0.1) is 6.61 Å². The summed E-state index contributed by atoms with van der Waals surface area (Å²) in [4.78, 5) is 13.5. The summed E-state index contributed by atoms with van der Waals surface area (Å²) in [5.41, 5.74) is 5.64. The van der Waals surface area contributed by atoms with Crippen LogP contribution in [0.4, 0.5) is 0 Å². The highest BCUT2D eigenvalue weighted by molar-refractivity contribution is 6.30. The molecule has 1 aromatic rings. The fraction of sp³-hybridized carbons (Fsp3) is 0.533. The molecule has 0 aliphatic carbocycles. The SMILES string of the molecule is CC(N)CCC(=O)N(C)CCCOc1cccc(Cl)c1. The van der Waals surface area contributed by atoms with Crippen LogP contribution in [0.15, 0.2) is 24.3 Å². The number of nitrogens with zero attached hydrogens (tertiary/aromatic N) is 1. The normalized spacial score (nSPS) is 12.0. The van der Waals surface area contributed by atoms with E-state index in [2.05, 4.69) is 0 Å². The van der Waals surface area contributed by atoms with E-state index in [1.54, 1.807) is 17.0 Å². The lowest BCUT2D eigenvalue weighted by Gasteiger charge is -2.17. The molecule has 1 unspecified atom stereocenters. The highest BCUT2D eigenvalue weighted by Gasteiger charge is 2.09. The van der Waals surface area contributed by atoms with Crippen LogP contribution < -0.4 is 10.5 Å². The maximum Gasteiger partial charge on any atom is 0.222 e. The van der Waals surface area contributed by atoms with Crippen LogP contribution in [-0.2, 0) is 4.79 Å². The van der Waals surface area contributed by atoms with E-state index in [9.17, 15) is 4.79 Å². The monoisotopic (exact) mass is 298 g/mol. The van der Waals surface area contributed by atoms with Crippen molar-refractivity contribution >= 4 is 17.5 Å². The van der Waals surface area contributed by atoms with Crippen molar-refractivity contribution in [3.8, 4) is 5.75 Å². The summed E-state index contributed by atoms with van der Waals surface area (Å²) in [6.45, 7) is 3.15. The minimum absolute atomic E-state index is 0.0681. The van der Waals surface area contributed by atoms with E-state index < -0.39 is 0 Å². The van der Waals surface area contributed by atoms with Crippen LogP contribution in [0, 0.1) is 0 Å². The zero-order chi connectivity index (χ0) is 15.0.